The minimum Gasteiger partial charge on any atom is -0.353 e. The zero-order chi connectivity index (χ0) is 10.8. The molecule has 0 unspecified atom stereocenters. The number of rotatable bonds is 1. The molecule has 0 radical (unpaired) electrons. The Hall–Kier alpha value is -0.570. The van der Waals surface area contributed by atoms with Crippen molar-refractivity contribution in [2.75, 3.05) is 20.1 Å². The Bertz CT molecular complexity index is 242. The number of carbonyl (C=O) groups excluding carboxylic acids is 1. The minimum absolute atomic E-state index is 0.138. The topological polar surface area (TPSA) is 32.3 Å². The first-order valence-corrected chi connectivity index (χ1v) is 6.12. The van der Waals surface area contributed by atoms with Crippen LogP contribution in [0.25, 0.3) is 0 Å². The fourth-order valence-corrected chi connectivity index (χ4v) is 3.32. The molecule has 15 heavy (non-hydrogen) atoms. The number of nitrogens with zero attached hydrogens (tertiary/aromatic N) is 1. The number of hydrogen-bond donors (Lipinski definition) is 1. The van der Waals surface area contributed by atoms with E-state index in [1.165, 1.54) is 38.8 Å². The highest BCUT2D eigenvalue weighted by Crippen LogP contribution is 2.35. The van der Waals surface area contributed by atoms with Crippen LogP contribution < -0.4 is 5.32 Å². The number of hydrogen-bond acceptors (Lipinski definition) is 2. The second-order valence-corrected chi connectivity index (χ2v) is 5.21. The van der Waals surface area contributed by atoms with E-state index in [1.54, 1.807) is 6.92 Å². The summed E-state index contributed by atoms with van der Waals surface area (Å²) in [5.41, 5.74) is 0. The van der Waals surface area contributed by atoms with E-state index in [1.807, 2.05) is 0 Å². The first-order valence-electron chi connectivity index (χ1n) is 6.12. The van der Waals surface area contributed by atoms with Gasteiger partial charge in [-0.3, -0.25) is 4.79 Å². The van der Waals surface area contributed by atoms with Crippen LogP contribution in [0.3, 0.4) is 0 Å². The average Bonchev–Trinajstić information content (AvgIpc) is 2.16. The molecule has 1 aliphatic heterocycles. The number of piperidine rings is 1. The highest BCUT2D eigenvalue weighted by Gasteiger charge is 2.36. The second-order valence-electron chi connectivity index (χ2n) is 5.21. The summed E-state index contributed by atoms with van der Waals surface area (Å²) < 4.78 is 0. The smallest absolute Gasteiger partial charge is 0.217 e. The predicted octanol–water partition coefficient (Wildman–Crippen LogP) is 1.24. The zero-order valence-corrected chi connectivity index (χ0v) is 9.83. The van der Waals surface area contributed by atoms with Gasteiger partial charge in [0, 0.05) is 19.5 Å². The van der Waals surface area contributed by atoms with Gasteiger partial charge in [-0.05, 0) is 44.7 Å². The summed E-state index contributed by atoms with van der Waals surface area (Å²) in [4.78, 5) is 13.6. The molecule has 3 heteroatoms. The standard InChI is InChI=1S/C12H22N2O/c1-9(15)13-12-5-3-4-10-8-14(2)7-6-11(10)12/h10-12H,3-8H2,1-2H3,(H,13,15)/t10-,11+,12-/m0/s1. The Labute approximate surface area is 92.2 Å². The third-order valence-electron chi connectivity index (χ3n) is 3.99. The van der Waals surface area contributed by atoms with Crippen molar-refractivity contribution in [1.29, 1.82) is 0 Å². The fourth-order valence-electron chi connectivity index (χ4n) is 3.32. The van der Waals surface area contributed by atoms with Gasteiger partial charge in [0.1, 0.15) is 0 Å². The van der Waals surface area contributed by atoms with E-state index in [0.29, 0.717) is 6.04 Å². The highest BCUT2D eigenvalue weighted by atomic mass is 16.1. The normalized spacial score (nSPS) is 37.1. The Morgan fingerprint density at radius 3 is 2.87 bits per heavy atom. The van der Waals surface area contributed by atoms with Crippen LogP contribution in [0.5, 0.6) is 0 Å². The van der Waals surface area contributed by atoms with Crippen LogP contribution in [0.1, 0.15) is 32.6 Å². The van der Waals surface area contributed by atoms with Gasteiger partial charge in [-0.25, -0.2) is 0 Å². The van der Waals surface area contributed by atoms with E-state index >= 15 is 0 Å². The van der Waals surface area contributed by atoms with E-state index in [9.17, 15) is 4.79 Å². The van der Waals surface area contributed by atoms with Gasteiger partial charge < -0.3 is 10.2 Å². The first-order chi connectivity index (χ1) is 7.16. The van der Waals surface area contributed by atoms with E-state index in [4.69, 9.17) is 0 Å². The zero-order valence-electron chi connectivity index (χ0n) is 9.83. The molecule has 0 aromatic carbocycles. The highest BCUT2D eigenvalue weighted by molar-refractivity contribution is 5.73. The lowest BCUT2D eigenvalue weighted by atomic mass is 9.72. The summed E-state index contributed by atoms with van der Waals surface area (Å²) >= 11 is 0. The van der Waals surface area contributed by atoms with Crippen molar-refractivity contribution in [3.8, 4) is 0 Å². The van der Waals surface area contributed by atoms with Gasteiger partial charge in [0.2, 0.25) is 5.91 Å². The molecule has 0 aromatic rings. The SMILES string of the molecule is CC(=O)N[C@H]1CCC[C@H]2CN(C)CC[C@H]21. The number of fused-ring (bicyclic) bond motifs is 1. The third kappa shape index (κ3) is 2.51. The van der Waals surface area contributed by atoms with Crippen molar-refractivity contribution < 1.29 is 4.79 Å². The molecular weight excluding hydrogens is 188 g/mol. The molecule has 1 heterocycles. The van der Waals surface area contributed by atoms with Crippen molar-refractivity contribution in [3.63, 3.8) is 0 Å². The maximum atomic E-state index is 11.1. The summed E-state index contributed by atoms with van der Waals surface area (Å²) in [6.45, 7) is 4.05. The molecule has 1 saturated heterocycles. The molecule has 3 nitrogen and oxygen atoms in total. The number of amides is 1. The second kappa shape index (κ2) is 4.52. The molecule has 2 rings (SSSR count). The van der Waals surface area contributed by atoms with Crippen molar-refractivity contribution in [3.05, 3.63) is 0 Å². The quantitative estimate of drug-likeness (QED) is 0.706. The molecule has 2 aliphatic rings. The van der Waals surface area contributed by atoms with Crippen molar-refractivity contribution in [2.24, 2.45) is 11.8 Å². The van der Waals surface area contributed by atoms with Crippen molar-refractivity contribution >= 4 is 5.91 Å². The van der Waals surface area contributed by atoms with Gasteiger partial charge in [-0.1, -0.05) is 6.42 Å². The Kier molecular flexibility index (Phi) is 3.29. The van der Waals surface area contributed by atoms with E-state index in [-0.39, 0.29) is 5.91 Å². The van der Waals surface area contributed by atoms with Gasteiger partial charge in [0.05, 0.1) is 0 Å². The fraction of sp³-hybridized carbons (Fsp3) is 0.917. The number of nitrogens with one attached hydrogen (secondary N) is 1. The van der Waals surface area contributed by atoms with Crippen LogP contribution in [-0.4, -0.2) is 37.0 Å². The molecule has 86 valence electrons. The number of likely N-dealkylation sites (tertiary alicyclic amines) is 1. The molecule has 0 spiro atoms. The van der Waals surface area contributed by atoms with Gasteiger partial charge in [0.15, 0.2) is 0 Å². The molecule has 1 amide bonds. The molecule has 3 atom stereocenters. The largest absolute Gasteiger partial charge is 0.353 e. The van der Waals surface area contributed by atoms with Crippen LogP contribution in [0.2, 0.25) is 0 Å². The van der Waals surface area contributed by atoms with E-state index in [2.05, 4.69) is 17.3 Å². The molecule has 2 fully saturated rings. The van der Waals surface area contributed by atoms with Crippen LogP contribution in [0, 0.1) is 11.8 Å². The Morgan fingerprint density at radius 1 is 1.33 bits per heavy atom. The summed E-state index contributed by atoms with van der Waals surface area (Å²) in [5, 5.41) is 3.14. The summed E-state index contributed by atoms with van der Waals surface area (Å²) in [7, 11) is 2.21. The third-order valence-corrected chi connectivity index (χ3v) is 3.99. The molecule has 1 saturated carbocycles. The Morgan fingerprint density at radius 2 is 2.13 bits per heavy atom. The summed E-state index contributed by atoms with van der Waals surface area (Å²) in [6.07, 6.45) is 5.07. The van der Waals surface area contributed by atoms with Crippen molar-refractivity contribution in [2.45, 2.75) is 38.6 Å². The van der Waals surface area contributed by atoms with Crippen LogP contribution >= 0.6 is 0 Å². The lowest BCUT2D eigenvalue weighted by Gasteiger charge is -2.44. The minimum atomic E-state index is 0.138. The van der Waals surface area contributed by atoms with Gasteiger partial charge in [-0.15, -0.1) is 0 Å². The average molecular weight is 210 g/mol. The van der Waals surface area contributed by atoms with E-state index in [0.717, 1.165) is 11.8 Å². The Balaban J connectivity index is 1.98. The monoisotopic (exact) mass is 210 g/mol. The molecular formula is C12H22N2O. The maximum Gasteiger partial charge on any atom is 0.217 e. The van der Waals surface area contributed by atoms with Gasteiger partial charge in [0.25, 0.3) is 0 Å². The molecule has 0 aromatic heterocycles. The molecule has 1 N–H and O–H groups in total. The lowest BCUT2D eigenvalue weighted by Crippen LogP contribution is -2.50. The lowest BCUT2D eigenvalue weighted by molar-refractivity contribution is -0.120. The maximum absolute atomic E-state index is 11.1. The molecule has 1 aliphatic carbocycles. The van der Waals surface area contributed by atoms with Gasteiger partial charge in [-0.2, -0.15) is 0 Å². The number of carbonyl (C=O) groups is 1. The molecule has 0 bridgehead atoms. The first kappa shape index (κ1) is 10.9. The summed E-state index contributed by atoms with van der Waals surface area (Å²) in [5.74, 6) is 1.69. The van der Waals surface area contributed by atoms with Crippen LogP contribution in [0.4, 0.5) is 0 Å². The summed E-state index contributed by atoms with van der Waals surface area (Å²) in [6, 6.07) is 0.454. The van der Waals surface area contributed by atoms with Gasteiger partial charge >= 0.3 is 0 Å². The van der Waals surface area contributed by atoms with Crippen LogP contribution in [-0.2, 0) is 4.79 Å². The predicted molar refractivity (Wildman–Crippen MR) is 60.5 cm³/mol. The van der Waals surface area contributed by atoms with E-state index < -0.39 is 0 Å². The van der Waals surface area contributed by atoms with Crippen LogP contribution in [0.15, 0.2) is 0 Å². The van der Waals surface area contributed by atoms with Crippen molar-refractivity contribution in [1.82, 2.24) is 10.2 Å².